The standard InChI is InChI=1S/C29H25ClN2O4/c1-35-26-14-12-20(30)16-25(26)32-27(33)17-36-29(34)28-21-9-5-6-10-23(21)31-24-13-11-19(15-22(24)28)18-7-3-2-4-8-18/h2-10,12,14,16,19H,11,13,15,17H2,1H3,(H,32,33). The third-order valence-corrected chi connectivity index (χ3v) is 6.74. The Morgan fingerprint density at radius 2 is 1.83 bits per heavy atom. The van der Waals surface area contributed by atoms with E-state index >= 15 is 0 Å². The van der Waals surface area contributed by atoms with Gasteiger partial charge in [-0.3, -0.25) is 9.78 Å². The van der Waals surface area contributed by atoms with Crippen LogP contribution < -0.4 is 10.1 Å². The number of esters is 1. The van der Waals surface area contributed by atoms with Crippen molar-refractivity contribution in [1.82, 2.24) is 4.98 Å². The van der Waals surface area contributed by atoms with Crippen LogP contribution in [0.1, 0.15) is 39.5 Å². The maximum atomic E-state index is 13.4. The van der Waals surface area contributed by atoms with Gasteiger partial charge in [-0.15, -0.1) is 0 Å². The van der Waals surface area contributed by atoms with E-state index in [0.717, 1.165) is 35.0 Å². The first-order chi connectivity index (χ1) is 17.5. The van der Waals surface area contributed by atoms with E-state index in [1.165, 1.54) is 12.7 Å². The van der Waals surface area contributed by atoms with Gasteiger partial charge in [0.1, 0.15) is 5.75 Å². The van der Waals surface area contributed by atoms with Crippen LogP contribution in [0.15, 0.2) is 72.8 Å². The van der Waals surface area contributed by atoms with Crippen LogP contribution in [0.3, 0.4) is 0 Å². The number of methoxy groups -OCH3 is 1. The molecule has 7 heteroatoms. The van der Waals surface area contributed by atoms with Crippen LogP contribution in [-0.4, -0.2) is 30.6 Å². The molecule has 36 heavy (non-hydrogen) atoms. The Balaban J connectivity index is 1.40. The van der Waals surface area contributed by atoms with E-state index in [9.17, 15) is 9.59 Å². The molecule has 1 N–H and O–H groups in total. The summed E-state index contributed by atoms with van der Waals surface area (Å²) in [6.45, 7) is -0.442. The first kappa shape index (κ1) is 23.8. The Morgan fingerprint density at radius 1 is 1.06 bits per heavy atom. The Kier molecular flexibility index (Phi) is 6.87. The molecule has 1 unspecified atom stereocenters. The summed E-state index contributed by atoms with van der Waals surface area (Å²) in [7, 11) is 1.50. The lowest BCUT2D eigenvalue weighted by atomic mass is 9.80. The second-order valence-corrected chi connectivity index (χ2v) is 9.18. The van der Waals surface area contributed by atoms with Crippen molar-refractivity contribution in [3.8, 4) is 5.75 Å². The largest absolute Gasteiger partial charge is 0.495 e. The summed E-state index contributed by atoms with van der Waals surface area (Å²) in [5.74, 6) is -0.280. The van der Waals surface area contributed by atoms with Gasteiger partial charge in [0.2, 0.25) is 0 Å². The fourth-order valence-electron chi connectivity index (χ4n) is 4.80. The molecule has 0 fully saturated rings. The maximum Gasteiger partial charge on any atom is 0.339 e. The predicted octanol–water partition coefficient (Wildman–Crippen LogP) is 5.96. The quantitative estimate of drug-likeness (QED) is 0.330. The Bertz CT molecular complexity index is 1440. The topological polar surface area (TPSA) is 77.5 Å². The van der Waals surface area contributed by atoms with Crippen molar-refractivity contribution in [2.75, 3.05) is 19.0 Å². The zero-order valence-electron chi connectivity index (χ0n) is 19.8. The lowest BCUT2D eigenvalue weighted by molar-refractivity contribution is -0.119. The molecule has 1 amide bonds. The second-order valence-electron chi connectivity index (χ2n) is 8.75. The van der Waals surface area contributed by atoms with Crippen molar-refractivity contribution in [1.29, 1.82) is 0 Å². The van der Waals surface area contributed by atoms with Crippen LogP contribution >= 0.6 is 11.6 Å². The SMILES string of the molecule is COc1ccc(Cl)cc1NC(=O)COC(=O)c1c2c(nc3ccccc13)CCC(c1ccccc1)C2. The van der Waals surface area contributed by atoms with Crippen molar-refractivity contribution in [2.45, 2.75) is 25.2 Å². The summed E-state index contributed by atoms with van der Waals surface area (Å²) in [6.07, 6.45) is 2.42. The predicted molar refractivity (Wildman–Crippen MR) is 140 cm³/mol. The van der Waals surface area contributed by atoms with Crippen molar-refractivity contribution >= 4 is 40.1 Å². The molecule has 1 atom stereocenters. The summed E-state index contributed by atoms with van der Waals surface area (Å²) in [6, 6.07) is 22.8. The molecule has 6 nitrogen and oxygen atoms in total. The van der Waals surface area contributed by atoms with Crippen molar-refractivity contribution in [3.63, 3.8) is 0 Å². The van der Waals surface area contributed by atoms with E-state index in [4.69, 9.17) is 26.1 Å². The summed E-state index contributed by atoms with van der Waals surface area (Å²) in [4.78, 5) is 30.9. The monoisotopic (exact) mass is 500 g/mol. The molecule has 0 saturated carbocycles. The highest BCUT2D eigenvalue weighted by Gasteiger charge is 2.28. The molecular weight excluding hydrogens is 476 g/mol. The van der Waals surface area contributed by atoms with Crippen molar-refractivity contribution in [2.24, 2.45) is 0 Å². The number of ether oxygens (including phenoxy) is 2. The minimum atomic E-state index is -0.535. The number of pyridine rings is 1. The molecule has 5 rings (SSSR count). The number of para-hydroxylation sites is 1. The number of rotatable bonds is 6. The number of nitrogens with zero attached hydrogens (tertiary/aromatic N) is 1. The number of anilines is 1. The minimum absolute atomic E-state index is 0.284. The first-order valence-corrected chi connectivity index (χ1v) is 12.2. The van der Waals surface area contributed by atoms with E-state index in [2.05, 4.69) is 17.4 Å². The van der Waals surface area contributed by atoms with E-state index < -0.39 is 18.5 Å². The molecule has 1 aliphatic carbocycles. The number of hydrogen-bond donors (Lipinski definition) is 1. The molecule has 4 aromatic rings. The number of amides is 1. The molecule has 0 spiro atoms. The van der Waals surface area contributed by atoms with Gasteiger partial charge in [-0.25, -0.2) is 4.79 Å². The van der Waals surface area contributed by atoms with Crippen molar-refractivity contribution < 1.29 is 19.1 Å². The summed E-state index contributed by atoms with van der Waals surface area (Å²) >= 11 is 6.05. The van der Waals surface area contributed by atoms with Gasteiger partial charge in [-0.2, -0.15) is 0 Å². The van der Waals surface area contributed by atoms with Gasteiger partial charge in [0, 0.05) is 16.1 Å². The number of fused-ring (bicyclic) bond motifs is 2. The Morgan fingerprint density at radius 3 is 2.64 bits per heavy atom. The summed E-state index contributed by atoms with van der Waals surface area (Å²) in [5, 5.41) is 3.88. The maximum absolute atomic E-state index is 13.4. The van der Waals surface area contributed by atoms with Gasteiger partial charge in [-0.05, 0) is 60.6 Å². The zero-order valence-corrected chi connectivity index (χ0v) is 20.5. The fourth-order valence-corrected chi connectivity index (χ4v) is 4.97. The molecule has 0 aliphatic heterocycles. The van der Waals surface area contributed by atoms with Crippen LogP contribution in [0.4, 0.5) is 5.69 Å². The highest BCUT2D eigenvalue weighted by atomic mass is 35.5. The number of aromatic nitrogens is 1. The highest BCUT2D eigenvalue weighted by Crippen LogP contribution is 2.36. The van der Waals surface area contributed by atoms with Crippen LogP contribution in [0.25, 0.3) is 10.9 Å². The lowest BCUT2D eigenvalue weighted by Crippen LogP contribution is -2.24. The minimum Gasteiger partial charge on any atom is -0.495 e. The first-order valence-electron chi connectivity index (χ1n) is 11.8. The van der Waals surface area contributed by atoms with Gasteiger partial charge in [0.05, 0.1) is 23.9 Å². The zero-order chi connectivity index (χ0) is 25.1. The van der Waals surface area contributed by atoms with E-state index in [-0.39, 0.29) is 5.92 Å². The number of aryl methyl sites for hydroxylation is 1. The van der Waals surface area contributed by atoms with Crippen LogP contribution in [-0.2, 0) is 22.4 Å². The van der Waals surface area contributed by atoms with Gasteiger partial charge in [-0.1, -0.05) is 60.1 Å². The molecule has 0 saturated heterocycles. The molecule has 1 aliphatic rings. The number of benzene rings is 3. The number of carbonyl (C=O) groups excluding carboxylic acids is 2. The smallest absolute Gasteiger partial charge is 0.339 e. The van der Waals surface area contributed by atoms with E-state index in [1.54, 1.807) is 18.2 Å². The summed E-state index contributed by atoms with van der Waals surface area (Å²) < 4.78 is 10.8. The normalized spacial score (nSPS) is 14.7. The molecule has 182 valence electrons. The second kappa shape index (κ2) is 10.4. The highest BCUT2D eigenvalue weighted by molar-refractivity contribution is 6.31. The number of hydrogen-bond acceptors (Lipinski definition) is 5. The average molecular weight is 501 g/mol. The molecule has 1 aromatic heterocycles. The molecule has 1 heterocycles. The number of halogens is 1. The van der Waals surface area contributed by atoms with Gasteiger partial charge in [0.15, 0.2) is 6.61 Å². The van der Waals surface area contributed by atoms with Crippen LogP contribution in [0, 0.1) is 0 Å². The van der Waals surface area contributed by atoms with Gasteiger partial charge < -0.3 is 14.8 Å². The van der Waals surface area contributed by atoms with Crippen LogP contribution in [0.5, 0.6) is 5.75 Å². The van der Waals surface area contributed by atoms with Gasteiger partial charge >= 0.3 is 5.97 Å². The Labute approximate surface area is 214 Å². The molecule has 3 aromatic carbocycles. The average Bonchev–Trinajstić information content (AvgIpc) is 2.90. The fraction of sp³-hybridized carbons (Fsp3) is 0.207. The molecule has 0 radical (unpaired) electrons. The van der Waals surface area contributed by atoms with Crippen molar-refractivity contribution in [3.05, 3.63) is 100 Å². The number of carbonyl (C=O) groups is 2. The number of nitrogens with one attached hydrogen (secondary N) is 1. The van der Waals surface area contributed by atoms with E-state index in [0.29, 0.717) is 28.4 Å². The third-order valence-electron chi connectivity index (χ3n) is 6.50. The Hall–Kier alpha value is -3.90. The van der Waals surface area contributed by atoms with Crippen LogP contribution in [0.2, 0.25) is 5.02 Å². The molecule has 0 bridgehead atoms. The van der Waals surface area contributed by atoms with Gasteiger partial charge in [0.25, 0.3) is 5.91 Å². The summed E-state index contributed by atoms with van der Waals surface area (Å²) in [5.41, 5.74) is 4.70. The third kappa shape index (κ3) is 4.90. The van der Waals surface area contributed by atoms with E-state index in [1.807, 2.05) is 42.5 Å². The lowest BCUT2D eigenvalue weighted by Gasteiger charge is -2.27. The molecular formula is C29H25ClN2O4.